The molecule has 1 aliphatic carbocycles. The zero-order chi connectivity index (χ0) is 12.3. The third-order valence-electron chi connectivity index (χ3n) is 3.59. The van der Waals surface area contributed by atoms with E-state index in [1.807, 2.05) is 6.20 Å². The maximum atomic E-state index is 5.04. The maximum absolute atomic E-state index is 5.04. The van der Waals surface area contributed by atoms with Gasteiger partial charge in [-0.2, -0.15) is 0 Å². The van der Waals surface area contributed by atoms with E-state index in [1.54, 1.807) is 7.11 Å². The molecule has 17 heavy (non-hydrogen) atoms. The fourth-order valence-electron chi connectivity index (χ4n) is 2.65. The van der Waals surface area contributed by atoms with Gasteiger partial charge in [-0.15, -0.1) is 0 Å². The maximum Gasteiger partial charge on any atom is 0.203 e. The molecular weight excluding hydrogens is 214 g/mol. The van der Waals surface area contributed by atoms with Crippen LogP contribution in [-0.4, -0.2) is 29.8 Å². The van der Waals surface area contributed by atoms with Crippen molar-refractivity contribution in [3.8, 4) is 0 Å². The fourth-order valence-corrected chi connectivity index (χ4v) is 2.65. The van der Waals surface area contributed by atoms with Crippen molar-refractivity contribution in [1.29, 1.82) is 0 Å². The third-order valence-corrected chi connectivity index (χ3v) is 3.59. The summed E-state index contributed by atoms with van der Waals surface area (Å²) in [5, 5.41) is 3.33. The van der Waals surface area contributed by atoms with Gasteiger partial charge in [0, 0.05) is 32.1 Å². The minimum Gasteiger partial charge on any atom is -0.383 e. The number of aromatic nitrogens is 2. The van der Waals surface area contributed by atoms with Crippen LogP contribution in [0.1, 0.15) is 39.2 Å². The molecule has 0 amide bonds. The standard InChI is InChI=1S/C13H23N3O/c1-13(2)5-4-11(10-13)16-8-6-14-12(16)15-7-9-17-3/h6,8,11H,4-5,7,9-10H2,1-3H3,(H,14,15). The van der Waals surface area contributed by atoms with Gasteiger partial charge in [-0.25, -0.2) is 4.98 Å². The van der Waals surface area contributed by atoms with Gasteiger partial charge in [-0.3, -0.25) is 0 Å². The van der Waals surface area contributed by atoms with E-state index in [1.165, 1.54) is 19.3 Å². The number of anilines is 1. The van der Waals surface area contributed by atoms with Gasteiger partial charge in [0.05, 0.1) is 6.61 Å². The topological polar surface area (TPSA) is 39.1 Å². The number of nitrogens with one attached hydrogen (secondary N) is 1. The van der Waals surface area contributed by atoms with Crippen LogP contribution >= 0.6 is 0 Å². The number of hydrogen-bond acceptors (Lipinski definition) is 3. The van der Waals surface area contributed by atoms with Crippen molar-refractivity contribution in [2.45, 2.75) is 39.2 Å². The average molecular weight is 237 g/mol. The fraction of sp³-hybridized carbons (Fsp3) is 0.769. The molecule has 1 fully saturated rings. The van der Waals surface area contributed by atoms with Crippen LogP contribution in [0.5, 0.6) is 0 Å². The lowest BCUT2D eigenvalue weighted by Crippen LogP contribution is -2.15. The van der Waals surface area contributed by atoms with Crippen molar-refractivity contribution < 1.29 is 4.74 Å². The molecular formula is C13H23N3O. The number of methoxy groups -OCH3 is 1. The molecule has 1 heterocycles. The van der Waals surface area contributed by atoms with Crippen LogP contribution < -0.4 is 5.32 Å². The Morgan fingerprint density at radius 3 is 3.06 bits per heavy atom. The molecule has 4 nitrogen and oxygen atoms in total. The highest BCUT2D eigenvalue weighted by Crippen LogP contribution is 2.44. The molecule has 1 saturated carbocycles. The largest absolute Gasteiger partial charge is 0.383 e. The van der Waals surface area contributed by atoms with Gasteiger partial charge in [0.2, 0.25) is 5.95 Å². The van der Waals surface area contributed by atoms with Crippen LogP contribution in [0, 0.1) is 5.41 Å². The Labute approximate surface area is 103 Å². The first-order chi connectivity index (χ1) is 8.12. The lowest BCUT2D eigenvalue weighted by molar-refractivity contribution is 0.210. The molecule has 96 valence electrons. The molecule has 0 aliphatic heterocycles. The van der Waals surface area contributed by atoms with E-state index in [0.29, 0.717) is 18.1 Å². The highest BCUT2D eigenvalue weighted by Gasteiger charge is 2.32. The quantitative estimate of drug-likeness (QED) is 0.800. The van der Waals surface area contributed by atoms with Gasteiger partial charge in [0.15, 0.2) is 0 Å². The lowest BCUT2D eigenvalue weighted by atomic mass is 9.92. The second-order valence-electron chi connectivity index (χ2n) is 5.64. The predicted molar refractivity (Wildman–Crippen MR) is 69.3 cm³/mol. The smallest absolute Gasteiger partial charge is 0.203 e. The first-order valence-electron chi connectivity index (χ1n) is 6.38. The summed E-state index contributed by atoms with van der Waals surface area (Å²) in [6.07, 6.45) is 7.75. The highest BCUT2D eigenvalue weighted by molar-refractivity contribution is 5.27. The molecule has 1 aliphatic rings. The van der Waals surface area contributed by atoms with E-state index in [4.69, 9.17) is 4.74 Å². The molecule has 0 aromatic carbocycles. The minimum absolute atomic E-state index is 0.471. The Morgan fingerprint density at radius 1 is 1.59 bits per heavy atom. The van der Waals surface area contributed by atoms with Crippen molar-refractivity contribution in [1.82, 2.24) is 9.55 Å². The molecule has 4 heteroatoms. The molecule has 0 saturated heterocycles. The van der Waals surface area contributed by atoms with E-state index in [0.717, 1.165) is 12.5 Å². The van der Waals surface area contributed by atoms with Crippen LogP contribution in [0.3, 0.4) is 0 Å². The van der Waals surface area contributed by atoms with Crippen molar-refractivity contribution in [2.24, 2.45) is 5.41 Å². The first kappa shape index (κ1) is 12.4. The van der Waals surface area contributed by atoms with E-state index in [9.17, 15) is 0 Å². The summed E-state index contributed by atoms with van der Waals surface area (Å²) in [7, 11) is 1.72. The number of ether oxygens (including phenoxy) is 1. The molecule has 2 rings (SSSR count). The van der Waals surface area contributed by atoms with Gasteiger partial charge >= 0.3 is 0 Å². The van der Waals surface area contributed by atoms with Crippen LogP contribution in [0.25, 0.3) is 0 Å². The monoisotopic (exact) mass is 237 g/mol. The first-order valence-corrected chi connectivity index (χ1v) is 6.38. The van der Waals surface area contributed by atoms with Crippen LogP contribution in [0.2, 0.25) is 0 Å². The van der Waals surface area contributed by atoms with Gasteiger partial charge in [-0.05, 0) is 24.7 Å². The minimum atomic E-state index is 0.471. The summed E-state index contributed by atoms with van der Waals surface area (Å²) in [5.41, 5.74) is 0.471. The molecule has 1 atom stereocenters. The Hall–Kier alpha value is -1.03. The van der Waals surface area contributed by atoms with E-state index < -0.39 is 0 Å². The van der Waals surface area contributed by atoms with E-state index in [2.05, 4.69) is 34.9 Å². The Balaban J connectivity index is 1.99. The zero-order valence-corrected chi connectivity index (χ0v) is 11.1. The van der Waals surface area contributed by atoms with Crippen molar-refractivity contribution in [2.75, 3.05) is 25.6 Å². The van der Waals surface area contributed by atoms with Crippen LogP contribution in [0.15, 0.2) is 12.4 Å². The summed E-state index contributed by atoms with van der Waals surface area (Å²) in [5.74, 6) is 0.977. The number of imidazole rings is 1. The molecule has 0 bridgehead atoms. The average Bonchev–Trinajstić information content (AvgIpc) is 2.85. The molecule has 0 radical (unpaired) electrons. The van der Waals surface area contributed by atoms with Gasteiger partial charge < -0.3 is 14.6 Å². The molecule has 1 aromatic heterocycles. The number of nitrogens with zero attached hydrogens (tertiary/aromatic N) is 2. The van der Waals surface area contributed by atoms with E-state index >= 15 is 0 Å². The summed E-state index contributed by atoms with van der Waals surface area (Å²) < 4.78 is 7.32. The Bertz CT molecular complexity index is 359. The summed E-state index contributed by atoms with van der Waals surface area (Å²) in [4.78, 5) is 4.38. The third kappa shape index (κ3) is 3.00. The number of rotatable bonds is 5. The summed E-state index contributed by atoms with van der Waals surface area (Å²) in [6, 6.07) is 0.595. The Kier molecular flexibility index (Phi) is 3.72. The van der Waals surface area contributed by atoms with Gasteiger partial charge in [0.25, 0.3) is 0 Å². The highest BCUT2D eigenvalue weighted by atomic mass is 16.5. The molecule has 0 spiro atoms. The van der Waals surface area contributed by atoms with Gasteiger partial charge in [0.1, 0.15) is 0 Å². The summed E-state index contributed by atoms with van der Waals surface area (Å²) >= 11 is 0. The SMILES string of the molecule is COCCNc1nccn1C1CCC(C)(C)C1. The van der Waals surface area contributed by atoms with Crippen LogP contribution in [0.4, 0.5) is 5.95 Å². The second kappa shape index (κ2) is 5.08. The van der Waals surface area contributed by atoms with E-state index in [-0.39, 0.29) is 0 Å². The number of hydrogen-bond donors (Lipinski definition) is 1. The van der Waals surface area contributed by atoms with Crippen molar-refractivity contribution in [3.05, 3.63) is 12.4 Å². The van der Waals surface area contributed by atoms with Gasteiger partial charge in [-0.1, -0.05) is 13.8 Å². The molecule has 1 N–H and O–H groups in total. The zero-order valence-electron chi connectivity index (χ0n) is 11.1. The Morgan fingerprint density at radius 2 is 2.41 bits per heavy atom. The van der Waals surface area contributed by atoms with Crippen molar-refractivity contribution in [3.63, 3.8) is 0 Å². The van der Waals surface area contributed by atoms with Crippen LogP contribution in [-0.2, 0) is 4.74 Å². The summed E-state index contributed by atoms with van der Waals surface area (Å²) in [6.45, 7) is 6.22. The molecule has 1 unspecified atom stereocenters. The second-order valence-corrected chi connectivity index (χ2v) is 5.64. The normalized spacial score (nSPS) is 22.9. The predicted octanol–water partition coefficient (Wildman–Crippen LogP) is 2.69. The van der Waals surface area contributed by atoms with Crippen molar-refractivity contribution >= 4 is 5.95 Å². The lowest BCUT2D eigenvalue weighted by Gasteiger charge is -2.19. The molecule has 1 aromatic rings.